The van der Waals surface area contributed by atoms with E-state index in [1.807, 2.05) is 18.9 Å². The normalized spacial score (nSPS) is 15.8. The van der Waals surface area contributed by atoms with Crippen LogP contribution in [0.2, 0.25) is 0 Å². The highest BCUT2D eigenvalue weighted by Crippen LogP contribution is 2.36. The molecule has 6 nitrogen and oxygen atoms in total. The van der Waals surface area contributed by atoms with Crippen molar-refractivity contribution in [1.29, 1.82) is 0 Å². The Hall–Kier alpha value is -1.85. The standard InChI is InChI=1S/C14H22N4O2/c1-4-7-15-13-8-12(18(19)20)9-14(16-13)17(3)10(2)11-5-6-11/h8-11H,4-7H2,1-3H3,(H,15,16). The highest BCUT2D eigenvalue weighted by atomic mass is 16.6. The van der Waals surface area contributed by atoms with Crippen LogP contribution in [0, 0.1) is 16.0 Å². The molecule has 6 heteroatoms. The molecule has 0 aliphatic heterocycles. The Morgan fingerprint density at radius 1 is 1.55 bits per heavy atom. The maximum atomic E-state index is 11.0. The molecule has 1 N–H and O–H groups in total. The van der Waals surface area contributed by atoms with E-state index in [0.717, 1.165) is 13.0 Å². The van der Waals surface area contributed by atoms with Gasteiger partial charge in [-0.3, -0.25) is 10.1 Å². The van der Waals surface area contributed by atoms with E-state index in [9.17, 15) is 10.1 Å². The van der Waals surface area contributed by atoms with Gasteiger partial charge in [0.15, 0.2) is 0 Å². The van der Waals surface area contributed by atoms with Crippen molar-refractivity contribution < 1.29 is 4.92 Å². The molecule has 1 fully saturated rings. The number of rotatable bonds is 7. The van der Waals surface area contributed by atoms with E-state index in [2.05, 4.69) is 17.2 Å². The SMILES string of the molecule is CCCNc1cc([N+](=O)[O-])cc(N(C)C(C)C2CC2)n1. The summed E-state index contributed by atoms with van der Waals surface area (Å²) >= 11 is 0. The Balaban J connectivity index is 2.25. The summed E-state index contributed by atoms with van der Waals surface area (Å²) < 4.78 is 0. The highest BCUT2D eigenvalue weighted by Gasteiger charge is 2.31. The summed E-state index contributed by atoms with van der Waals surface area (Å²) in [6.45, 7) is 4.96. The van der Waals surface area contributed by atoms with Crippen LogP contribution >= 0.6 is 0 Å². The van der Waals surface area contributed by atoms with Gasteiger partial charge in [0, 0.05) is 19.6 Å². The molecule has 20 heavy (non-hydrogen) atoms. The molecule has 1 aromatic heterocycles. The molecule has 110 valence electrons. The van der Waals surface area contributed by atoms with Crippen molar-refractivity contribution in [3.8, 4) is 0 Å². The van der Waals surface area contributed by atoms with Gasteiger partial charge < -0.3 is 10.2 Å². The maximum Gasteiger partial charge on any atom is 0.276 e. The zero-order valence-electron chi connectivity index (χ0n) is 12.3. The molecule has 1 atom stereocenters. The zero-order valence-corrected chi connectivity index (χ0v) is 12.3. The summed E-state index contributed by atoms with van der Waals surface area (Å²) in [6.07, 6.45) is 3.43. The number of aromatic nitrogens is 1. The number of nitrogens with zero attached hydrogens (tertiary/aromatic N) is 3. The first kappa shape index (κ1) is 14.6. The first-order valence-electron chi connectivity index (χ1n) is 7.16. The fourth-order valence-electron chi connectivity index (χ4n) is 2.24. The van der Waals surface area contributed by atoms with Gasteiger partial charge >= 0.3 is 0 Å². The number of nitrogens with one attached hydrogen (secondary N) is 1. The van der Waals surface area contributed by atoms with Crippen molar-refractivity contribution in [2.45, 2.75) is 39.2 Å². The van der Waals surface area contributed by atoms with Crippen LogP contribution in [-0.4, -0.2) is 29.5 Å². The second kappa shape index (κ2) is 6.07. The van der Waals surface area contributed by atoms with Crippen molar-refractivity contribution in [3.05, 3.63) is 22.2 Å². The van der Waals surface area contributed by atoms with E-state index in [1.54, 1.807) is 6.07 Å². The predicted octanol–water partition coefficient (Wildman–Crippen LogP) is 3.05. The first-order valence-corrected chi connectivity index (χ1v) is 7.16. The molecule has 0 bridgehead atoms. The Morgan fingerprint density at radius 3 is 2.80 bits per heavy atom. The average molecular weight is 278 g/mol. The number of pyridine rings is 1. The summed E-state index contributed by atoms with van der Waals surface area (Å²) in [5, 5.41) is 14.2. The van der Waals surface area contributed by atoms with E-state index in [0.29, 0.717) is 23.6 Å². The number of hydrogen-bond donors (Lipinski definition) is 1. The summed E-state index contributed by atoms with van der Waals surface area (Å²) in [6, 6.07) is 3.41. The average Bonchev–Trinajstić information content (AvgIpc) is 3.27. The van der Waals surface area contributed by atoms with Crippen LogP contribution < -0.4 is 10.2 Å². The van der Waals surface area contributed by atoms with Crippen LogP contribution in [0.3, 0.4) is 0 Å². The lowest BCUT2D eigenvalue weighted by atomic mass is 10.2. The van der Waals surface area contributed by atoms with Crippen LogP contribution in [0.25, 0.3) is 0 Å². The molecule has 1 aromatic rings. The molecule has 0 spiro atoms. The Bertz CT molecular complexity index is 488. The van der Waals surface area contributed by atoms with Crippen LogP contribution in [0.1, 0.15) is 33.1 Å². The number of hydrogen-bond acceptors (Lipinski definition) is 5. The maximum absolute atomic E-state index is 11.0. The van der Waals surface area contributed by atoms with Gasteiger partial charge in [0.1, 0.15) is 11.6 Å². The van der Waals surface area contributed by atoms with Crippen molar-refractivity contribution in [1.82, 2.24) is 4.98 Å². The van der Waals surface area contributed by atoms with Gasteiger partial charge in [-0.1, -0.05) is 6.92 Å². The van der Waals surface area contributed by atoms with Crippen molar-refractivity contribution in [3.63, 3.8) is 0 Å². The number of nitro groups is 1. The van der Waals surface area contributed by atoms with Crippen LogP contribution in [-0.2, 0) is 0 Å². The van der Waals surface area contributed by atoms with E-state index in [4.69, 9.17) is 0 Å². The predicted molar refractivity (Wildman–Crippen MR) is 80.3 cm³/mol. The molecule has 0 amide bonds. The Kier molecular flexibility index (Phi) is 4.42. The van der Waals surface area contributed by atoms with Gasteiger partial charge in [0.25, 0.3) is 5.69 Å². The summed E-state index contributed by atoms with van der Waals surface area (Å²) in [5.41, 5.74) is 0.0865. The third-order valence-corrected chi connectivity index (χ3v) is 3.84. The number of anilines is 2. The van der Waals surface area contributed by atoms with E-state index in [1.165, 1.54) is 18.9 Å². The van der Waals surface area contributed by atoms with Gasteiger partial charge in [-0.2, -0.15) is 0 Å². The Morgan fingerprint density at radius 2 is 2.25 bits per heavy atom. The molecule has 1 unspecified atom stereocenters. The molecule has 2 rings (SSSR count). The smallest absolute Gasteiger partial charge is 0.276 e. The monoisotopic (exact) mass is 278 g/mol. The molecule has 1 heterocycles. The molecule has 0 saturated heterocycles. The van der Waals surface area contributed by atoms with Crippen LogP contribution in [0.5, 0.6) is 0 Å². The summed E-state index contributed by atoms with van der Waals surface area (Å²) in [4.78, 5) is 17.2. The van der Waals surface area contributed by atoms with Crippen molar-refractivity contribution in [2.75, 3.05) is 23.8 Å². The van der Waals surface area contributed by atoms with Crippen LogP contribution in [0.4, 0.5) is 17.3 Å². The summed E-state index contributed by atoms with van der Waals surface area (Å²) in [5.74, 6) is 1.93. The van der Waals surface area contributed by atoms with Gasteiger partial charge in [-0.25, -0.2) is 4.98 Å². The molecule has 1 aliphatic rings. The van der Waals surface area contributed by atoms with E-state index >= 15 is 0 Å². The molecule has 0 radical (unpaired) electrons. The van der Waals surface area contributed by atoms with Crippen LogP contribution in [0.15, 0.2) is 12.1 Å². The van der Waals surface area contributed by atoms with Gasteiger partial charge in [-0.15, -0.1) is 0 Å². The lowest BCUT2D eigenvalue weighted by Gasteiger charge is -2.26. The van der Waals surface area contributed by atoms with Gasteiger partial charge in [0.2, 0.25) is 0 Å². The summed E-state index contributed by atoms with van der Waals surface area (Å²) in [7, 11) is 1.96. The fraction of sp³-hybridized carbons (Fsp3) is 0.643. The zero-order chi connectivity index (χ0) is 14.7. The molecular formula is C14H22N4O2. The lowest BCUT2D eigenvalue weighted by Crippen LogP contribution is -2.31. The topological polar surface area (TPSA) is 71.3 Å². The minimum atomic E-state index is -0.363. The minimum absolute atomic E-state index is 0.0865. The largest absolute Gasteiger partial charge is 0.370 e. The third-order valence-electron chi connectivity index (χ3n) is 3.84. The fourth-order valence-corrected chi connectivity index (χ4v) is 2.24. The third kappa shape index (κ3) is 3.37. The second-order valence-corrected chi connectivity index (χ2v) is 5.44. The second-order valence-electron chi connectivity index (χ2n) is 5.44. The lowest BCUT2D eigenvalue weighted by molar-refractivity contribution is -0.384. The first-order chi connectivity index (χ1) is 9.52. The minimum Gasteiger partial charge on any atom is -0.370 e. The molecular weight excluding hydrogens is 256 g/mol. The van der Waals surface area contributed by atoms with Crippen molar-refractivity contribution in [2.24, 2.45) is 5.92 Å². The van der Waals surface area contributed by atoms with E-state index < -0.39 is 0 Å². The van der Waals surface area contributed by atoms with Crippen molar-refractivity contribution >= 4 is 17.3 Å². The van der Waals surface area contributed by atoms with Gasteiger partial charge in [0.05, 0.1) is 17.1 Å². The Labute approximate surface area is 119 Å². The molecule has 1 aliphatic carbocycles. The van der Waals surface area contributed by atoms with E-state index in [-0.39, 0.29) is 10.6 Å². The molecule has 0 aromatic carbocycles. The quantitative estimate of drug-likeness (QED) is 0.613. The highest BCUT2D eigenvalue weighted by molar-refractivity contribution is 5.56. The van der Waals surface area contributed by atoms with Gasteiger partial charge in [-0.05, 0) is 32.1 Å². The molecule has 1 saturated carbocycles.